The highest BCUT2D eigenvalue weighted by Gasteiger charge is 2.10. The van der Waals surface area contributed by atoms with Crippen molar-refractivity contribution in [3.63, 3.8) is 0 Å². The number of guanidine groups is 1. The summed E-state index contributed by atoms with van der Waals surface area (Å²) < 4.78 is 49.5. The van der Waals surface area contributed by atoms with E-state index in [0.29, 0.717) is 22.7 Å². The van der Waals surface area contributed by atoms with Crippen molar-refractivity contribution in [2.24, 2.45) is 10.7 Å². The maximum absolute atomic E-state index is 13.1. The van der Waals surface area contributed by atoms with Crippen LogP contribution in [-0.4, -0.2) is 26.7 Å². The number of hydrogen-bond acceptors (Lipinski definition) is 3. The molecule has 2 aromatic carbocycles. The number of nitrogens with one attached hydrogen (secondary N) is 1. The molecule has 0 fully saturated rings. The fraction of sp³-hybridized carbons (Fsp3) is 0.235. The summed E-state index contributed by atoms with van der Waals surface area (Å²) in [5.74, 6) is -2.72. The van der Waals surface area contributed by atoms with E-state index in [-0.39, 0.29) is 42.9 Å². The molecule has 0 aliphatic rings. The first kappa shape index (κ1) is 21.9. The van der Waals surface area contributed by atoms with Gasteiger partial charge in [0.2, 0.25) is 0 Å². The summed E-state index contributed by atoms with van der Waals surface area (Å²) in [4.78, 5) is 4.07. The minimum atomic E-state index is -1.48. The van der Waals surface area contributed by atoms with Gasteiger partial charge >= 0.3 is 0 Å². The molecular weight excluding hydrogens is 462 g/mol. The maximum Gasteiger partial charge on any atom is 0.194 e. The van der Waals surface area contributed by atoms with E-state index in [2.05, 4.69) is 10.3 Å². The highest BCUT2D eigenvalue weighted by Crippen LogP contribution is 2.29. The van der Waals surface area contributed by atoms with Crippen LogP contribution in [0.25, 0.3) is 0 Å². The standard InChI is InChI=1S/C17H18F3N3O2.HI/c1-24-14-4-3-11(9-15(14)25-2)23-17(21)22-6-5-10-7-12(18)16(20)13(19)8-10;/h3-4,7-9H,5-6H2,1-2H3,(H3,21,22,23);1H. The fourth-order valence-electron chi connectivity index (χ4n) is 2.16. The number of halogens is 4. The van der Waals surface area contributed by atoms with Crippen LogP contribution >= 0.6 is 24.0 Å². The molecule has 0 radical (unpaired) electrons. The van der Waals surface area contributed by atoms with E-state index in [0.717, 1.165) is 12.1 Å². The average Bonchev–Trinajstić information content (AvgIpc) is 2.59. The lowest BCUT2D eigenvalue weighted by Crippen LogP contribution is -2.23. The largest absolute Gasteiger partial charge is 0.493 e. The van der Waals surface area contributed by atoms with Crippen molar-refractivity contribution >= 4 is 35.6 Å². The number of methoxy groups -OCH3 is 2. The van der Waals surface area contributed by atoms with Gasteiger partial charge < -0.3 is 20.5 Å². The second-order valence-electron chi connectivity index (χ2n) is 5.09. The second kappa shape index (κ2) is 10.1. The van der Waals surface area contributed by atoms with Crippen molar-refractivity contribution in [1.82, 2.24) is 0 Å². The van der Waals surface area contributed by atoms with E-state index in [1.807, 2.05) is 0 Å². The van der Waals surface area contributed by atoms with Crippen molar-refractivity contribution in [2.75, 3.05) is 26.1 Å². The van der Waals surface area contributed by atoms with Crippen molar-refractivity contribution in [3.8, 4) is 11.5 Å². The molecule has 0 unspecified atom stereocenters. The molecule has 0 bridgehead atoms. The molecule has 0 saturated carbocycles. The fourth-order valence-corrected chi connectivity index (χ4v) is 2.16. The van der Waals surface area contributed by atoms with Crippen LogP contribution in [0.4, 0.5) is 18.9 Å². The van der Waals surface area contributed by atoms with E-state index in [1.54, 1.807) is 18.2 Å². The number of ether oxygens (including phenoxy) is 2. The molecule has 26 heavy (non-hydrogen) atoms. The highest BCUT2D eigenvalue weighted by molar-refractivity contribution is 14.0. The van der Waals surface area contributed by atoms with Crippen LogP contribution in [0.2, 0.25) is 0 Å². The molecule has 0 atom stereocenters. The third kappa shape index (κ3) is 5.68. The predicted molar refractivity (Wildman–Crippen MR) is 105 cm³/mol. The molecule has 0 heterocycles. The molecule has 0 aromatic heterocycles. The maximum atomic E-state index is 13.1. The summed E-state index contributed by atoms with van der Waals surface area (Å²) in [5.41, 5.74) is 6.70. The molecule has 2 aromatic rings. The molecule has 0 aliphatic carbocycles. The number of nitrogens with two attached hydrogens (primary N) is 1. The van der Waals surface area contributed by atoms with E-state index >= 15 is 0 Å². The van der Waals surface area contributed by atoms with Gasteiger partial charge in [-0.05, 0) is 36.2 Å². The molecule has 9 heteroatoms. The Balaban J connectivity index is 0.00000338. The topological polar surface area (TPSA) is 68.9 Å². The van der Waals surface area contributed by atoms with E-state index in [4.69, 9.17) is 15.2 Å². The summed E-state index contributed by atoms with van der Waals surface area (Å²) in [6.07, 6.45) is 0.211. The quantitative estimate of drug-likeness (QED) is 0.286. The van der Waals surface area contributed by atoms with Crippen molar-refractivity contribution < 1.29 is 22.6 Å². The van der Waals surface area contributed by atoms with E-state index in [9.17, 15) is 13.2 Å². The Kier molecular flexibility index (Phi) is 8.49. The van der Waals surface area contributed by atoms with Crippen LogP contribution in [0, 0.1) is 17.5 Å². The zero-order chi connectivity index (χ0) is 18.4. The Bertz CT molecular complexity index is 765. The molecule has 142 valence electrons. The van der Waals surface area contributed by atoms with Crippen LogP contribution in [-0.2, 0) is 6.42 Å². The van der Waals surface area contributed by atoms with Gasteiger partial charge in [0.15, 0.2) is 34.9 Å². The van der Waals surface area contributed by atoms with Gasteiger partial charge in [-0.15, -0.1) is 24.0 Å². The van der Waals surface area contributed by atoms with Gasteiger partial charge in [0.1, 0.15) is 0 Å². The smallest absolute Gasteiger partial charge is 0.194 e. The molecule has 3 N–H and O–H groups in total. The number of aliphatic imine (C=N–C) groups is 1. The van der Waals surface area contributed by atoms with Crippen molar-refractivity contribution in [3.05, 3.63) is 53.3 Å². The zero-order valence-corrected chi connectivity index (χ0v) is 16.5. The summed E-state index contributed by atoms with van der Waals surface area (Å²) in [7, 11) is 3.04. The minimum Gasteiger partial charge on any atom is -0.493 e. The van der Waals surface area contributed by atoms with Gasteiger partial charge in [0, 0.05) is 18.3 Å². The Hall–Kier alpha value is -2.17. The lowest BCUT2D eigenvalue weighted by molar-refractivity contribution is 0.355. The van der Waals surface area contributed by atoms with E-state index < -0.39 is 17.5 Å². The van der Waals surface area contributed by atoms with E-state index in [1.165, 1.54) is 14.2 Å². The number of nitrogens with zero attached hydrogens (tertiary/aromatic N) is 1. The number of benzene rings is 2. The minimum absolute atomic E-state index is 0. The molecule has 0 aliphatic heterocycles. The Labute approximate surface area is 166 Å². The number of rotatable bonds is 6. The molecule has 5 nitrogen and oxygen atoms in total. The average molecular weight is 481 g/mol. The first-order valence-corrected chi connectivity index (χ1v) is 7.37. The van der Waals surface area contributed by atoms with Crippen LogP contribution in [0.15, 0.2) is 35.3 Å². The van der Waals surface area contributed by atoms with Gasteiger partial charge in [-0.25, -0.2) is 13.2 Å². The molecular formula is C17H19F3IN3O2. The summed E-state index contributed by atoms with van der Waals surface area (Å²) in [6, 6.07) is 7.00. The van der Waals surface area contributed by atoms with Gasteiger partial charge in [-0.2, -0.15) is 0 Å². The van der Waals surface area contributed by atoms with Crippen molar-refractivity contribution in [1.29, 1.82) is 0 Å². The number of hydrogen-bond donors (Lipinski definition) is 2. The zero-order valence-electron chi connectivity index (χ0n) is 14.2. The molecule has 0 saturated heterocycles. The van der Waals surface area contributed by atoms with Gasteiger partial charge in [-0.1, -0.05) is 0 Å². The number of anilines is 1. The summed E-state index contributed by atoms with van der Waals surface area (Å²) in [5, 5.41) is 2.87. The monoisotopic (exact) mass is 481 g/mol. The van der Waals surface area contributed by atoms with Crippen molar-refractivity contribution in [2.45, 2.75) is 6.42 Å². The first-order chi connectivity index (χ1) is 11.9. The Morgan fingerprint density at radius 3 is 2.23 bits per heavy atom. The van der Waals surface area contributed by atoms with Crippen LogP contribution in [0.5, 0.6) is 11.5 Å². The van der Waals surface area contributed by atoms with Crippen LogP contribution in [0.1, 0.15) is 5.56 Å². The Morgan fingerprint density at radius 1 is 1.04 bits per heavy atom. The highest BCUT2D eigenvalue weighted by atomic mass is 127. The SMILES string of the molecule is COc1ccc(NC(N)=NCCc2cc(F)c(F)c(F)c2)cc1OC.I. The molecule has 2 rings (SSSR count). The van der Waals surface area contributed by atoms with Gasteiger partial charge in [-0.3, -0.25) is 4.99 Å². The van der Waals surface area contributed by atoms with Crippen LogP contribution < -0.4 is 20.5 Å². The second-order valence-corrected chi connectivity index (χ2v) is 5.09. The molecule has 0 amide bonds. The van der Waals surface area contributed by atoms with Gasteiger partial charge in [0.05, 0.1) is 14.2 Å². The summed E-state index contributed by atoms with van der Waals surface area (Å²) >= 11 is 0. The lowest BCUT2D eigenvalue weighted by atomic mass is 10.1. The third-order valence-electron chi connectivity index (χ3n) is 3.38. The third-order valence-corrected chi connectivity index (χ3v) is 3.38. The predicted octanol–water partition coefficient (Wildman–Crippen LogP) is 3.71. The normalized spacial score (nSPS) is 10.9. The first-order valence-electron chi connectivity index (χ1n) is 7.37. The Morgan fingerprint density at radius 2 is 1.65 bits per heavy atom. The summed E-state index contributed by atoms with van der Waals surface area (Å²) in [6.45, 7) is 0.177. The molecule has 0 spiro atoms. The van der Waals surface area contributed by atoms with Crippen LogP contribution in [0.3, 0.4) is 0 Å². The van der Waals surface area contributed by atoms with Gasteiger partial charge in [0.25, 0.3) is 0 Å². The lowest BCUT2D eigenvalue weighted by Gasteiger charge is -2.11.